The molecule has 1 amide bonds. The Bertz CT molecular complexity index is 1170. The van der Waals surface area contributed by atoms with E-state index in [0.717, 1.165) is 0 Å². The largest absolute Gasteiger partial charge is 0.494 e. The second-order valence-electron chi connectivity index (χ2n) is 8.09. The summed E-state index contributed by atoms with van der Waals surface area (Å²) in [6.07, 6.45) is 3.09. The molecule has 3 aromatic rings. The van der Waals surface area contributed by atoms with Crippen molar-refractivity contribution in [1.82, 2.24) is 9.97 Å². The molecule has 2 N–H and O–H groups in total. The standard InChI is InChI=1S/C23H26N4O4S/c1-5-31-19-10-8-17(9-11-19)27-32(29,30)20-12-6-16(7-13-20)21(28)26-18-14-24-22(25-15-18)23(2,3)4/h6-15,27H,5H2,1-4H3,(H,26,28). The van der Waals surface area contributed by atoms with Gasteiger partial charge in [0.2, 0.25) is 0 Å². The maximum absolute atomic E-state index is 12.6. The van der Waals surface area contributed by atoms with Crippen molar-refractivity contribution < 1.29 is 17.9 Å². The number of carbonyl (C=O) groups is 1. The van der Waals surface area contributed by atoms with Gasteiger partial charge in [-0.2, -0.15) is 0 Å². The van der Waals surface area contributed by atoms with Crippen LogP contribution < -0.4 is 14.8 Å². The first-order valence-corrected chi connectivity index (χ1v) is 11.6. The lowest BCUT2D eigenvalue weighted by Gasteiger charge is -2.16. The Morgan fingerprint density at radius 1 is 0.938 bits per heavy atom. The number of nitrogens with zero attached hydrogens (tertiary/aromatic N) is 2. The molecule has 0 saturated carbocycles. The van der Waals surface area contributed by atoms with Crippen molar-refractivity contribution in [2.24, 2.45) is 0 Å². The Morgan fingerprint density at radius 3 is 2.06 bits per heavy atom. The fourth-order valence-corrected chi connectivity index (χ4v) is 3.83. The van der Waals surface area contributed by atoms with Gasteiger partial charge in [0.1, 0.15) is 11.6 Å². The summed E-state index contributed by atoms with van der Waals surface area (Å²) in [6.45, 7) is 8.40. The normalized spacial score (nSPS) is 11.6. The zero-order valence-corrected chi connectivity index (χ0v) is 19.2. The molecule has 0 spiro atoms. The van der Waals surface area contributed by atoms with Crippen molar-refractivity contribution in [3.63, 3.8) is 0 Å². The van der Waals surface area contributed by atoms with Gasteiger partial charge in [-0.25, -0.2) is 18.4 Å². The van der Waals surface area contributed by atoms with Gasteiger partial charge >= 0.3 is 0 Å². The smallest absolute Gasteiger partial charge is 0.261 e. The Kier molecular flexibility index (Phi) is 6.78. The Morgan fingerprint density at radius 2 is 1.53 bits per heavy atom. The second-order valence-corrected chi connectivity index (χ2v) is 9.77. The molecule has 0 atom stereocenters. The van der Waals surface area contributed by atoms with E-state index in [2.05, 4.69) is 20.0 Å². The van der Waals surface area contributed by atoms with Crippen molar-refractivity contribution in [2.45, 2.75) is 38.0 Å². The van der Waals surface area contributed by atoms with E-state index in [4.69, 9.17) is 4.74 Å². The number of hydrogen-bond donors (Lipinski definition) is 2. The van der Waals surface area contributed by atoms with Crippen LogP contribution in [0.2, 0.25) is 0 Å². The third kappa shape index (κ3) is 5.82. The summed E-state index contributed by atoms with van der Waals surface area (Å²) in [4.78, 5) is 21.1. The Labute approximate surface area is 188 Å². The highest BCUT2D eigenvalue weighted by molar-refractivity contribution is 7.92. The number of anilines is 2. The molecule has 0 unspecified atom stereocenters. The molecule has 0 radical (unpaired) electrons. The number of amides is 1. The van der Waals surface area contributed by atoms with Crippen LogP contribution in [0.3, 0.4) is 0 Å². The summed E-state index contributed by atoms with van der Waals surface area (Å²) in [5, 5.41) is 2.71. The van der Waals surface area contributed by atoms with Gasteiger partial charge in [-0.05, 0) is 55.5 Å². The van der Waals surface area contributed by atoms with Crippen LogP contribution in [0.15, 0.2) is 65.8 Å². The first kappa shape index (κ1) is 23.2. The second kappa shape index (κ2) is 9.35. The maximum atomic E-state index is 12.6. The van der Waals surface area contributed by atoms with Crippen molar-refractivity contribution in [1.29, 1.82) is 0 Å². The van der Waals surface area contributed by atoms with Gasteiger partial charge in [-0.3, -0.25) is 9.52 Å². The van der Waals surface area contributed by atoms with Crippen LogP contribution in [0.1, 0.15) is 43.9 Å². The van der Waals surface area contributed by atoms with E-state index in [1.165, 1.54) is 24.3 Å². The molecule has 32 heavy (non-hydrogen) atoms. The van der Waals surface area contributed by atoms with Gasteiger partial charge in [0, 0.05) is 16.7 Å². The van der Waals surface area contributed by atoms with Gasteiger partial charge in [0.05, 0.1) is 29.6 Å². The molecule has 3 rings (SSSR count). The van der Waals surface area contributed by atoms with Gasteiger partial charge in [-0.1, -0.05) is 20.8 Å². The summed E-state index contributed by atoms with van der Waals surface area (Å²) >= 11 is 0. The minimum absolute atomic E-state index is 0.0424. The van der Waals surface area contributed by atoms with Crippen molar-refractivity contribution in [3.05, 3.63) is 72.3 Å². The average Bonchev–Trinajstić information content (AvgIpc) is 2.75. The van der Waals surface area contributed by atoms with E-state index in [9.17, 15) is 13.2 Å². The van der Waals surface area contributed by atoms with E-state index in [0.29, 0.717) is 35.1 Å². The van der Waals surface area contributed by atoms with Crippen LogP contribution in [-0.4, -0.2) is 30.9 Å². The molecule has 2 aromatic carbocycles. The molecule has 0 fully saturated rings. The van der Waals surface area contributed by atoms with Crippen LogP contribution in [0.25, 0.3) is 0 Å². The molecule has 0 bridgehead atoms. The van der Waals surface area contributed by atoms with Crippen LogP contribution >= 0.6 is 0 Å². The monoisotopic (exact) mass is 454 g/mol. The minimum Gasteiger partial charge on any atom is -0.494 e. The number of nitrogens with one attached hydrogen (secondary N) is 2. The summed E-state index contributed by atoms with van der Waals surface area (Å²) in [6, 6.07) is 12.3. The lowest BCUT2D eigenvalue weighted by molar-refractivity contribution is 0.102. The average molecular weight is 455 g/mol. The number of hydrogen-bond acceptors (Lipinski definition) is 6. The van der Waals surface area contributed by atoms with Crippen LogP contribution in [0.4, 0.5) is 11.4 Å². The third-order valence-electron chi connectivity index (χ3n) is 4.42. The molecule has 0 saturated heterocycles. The Balaban J connectivity index is 1.67. The highest BCUT2D eigenvalue weighted by Crippen LogP contribution is 2.21. The molecule has 0 aliphatic rings. The quantitative estimate of drug-likeness (QED) is 0.553. The van der Waals surface area contributed by atoms with E-state index >= 15 is 0 Å². The molecule has 8 nitrogen and oxygen atoms in total. The molecule has 168 valence electrons. The van der Waals surface area contributed by atoms with E-state index in [1.807, 2.05) is 27.7 Å². The number of rotatable bonds is 7. The number of ether oxygens (including phenoxy) is 1. The number of carbonyl (C=O) groups excluding carboxylic acids is 1. The molecular weight excluding hydrogens is 428 g/mol. The van der Waals surface area contributed by atoms with Crippen molar-refractivity contribution >= 4 is 27.3 Å². The SMILES string of the molecule is CCOc1ccc(NS(=O)(=O)c2ccc(C(=O)Nc3cnc(C(C)(C)C)nc3)cc2)cc1. The van der Waals surface area contributed by atoms with Gasteiger partial charge in [-0.15, -0.1) is 0 Å². The van der Waals surface area contributed by atoms with Crippen LogP contribution in [0.5, 0.6) is 5.75 Å². The van der Waals surface area contributed by atoms with E-state index in [1.54, 1.807) is 36.7 Å². The highest BCUT2D eigenvalue weighted by atomic mass is 32.2. The van der Waals surface area contributed by atoms with E-state index < -0.39 is 10.0 Å². The summed E-state index contributed by atoms with van der Waals surface area (Å²) in [5.74, 6) is 0.940. The third-order valence-corrected chi connectivity index (χ3v) is 5.82. The fraction of sp³-hybridized carbons (Fsp3) is 0.261. The predicted molar refractivity (Wildman–Crippen MR) is 124 cm³/mol. The summed E-state index contributed by atoms with van der Waals surface area (Å²) < 4.78 is 33.1. The lowest BCUT2D eigenvalue weighted by atomic mass is 9.96. The molecular formula is C23H26N4O4S. The molecule has 1 aromatic heterocycles. The predicted octanol–water partition coefficient (Wildman–Crippen LogP) is 4.23. The zero-order chi connectivity index (χ0) is 23.4. The van der Waals surface area contributed by atoms with Crippen molar-refractivity contribution in [3.8, 4) is 5.75 Å². The maximum Gasteiger partial charge on any atom is 0.261 e. The topological polar surface area (TPSA) is 110 Å². The fourth-order valence-electron chi connectivity index (χ4n) is 2.77. The van der Waals surface area contributed by atoms with Gasteiger partial charge in [0.15, 0.2) is 0 Å². The zero-order valence-electron chi connectivity index (χ0n) is 18.4. The van der Waals surface area contributed by atoms with Gasteiger partial charge < -0.3 is 10.1 Å². The summed E-state index contributed by atoms with van der Waals surface area (Å²) in [7, 11) is -3.80. The summed E-state index contributed by atoms with van der Waals surface area (Å²) in [5.41, 5.74) is 0.985. The molecule has 9 heteroatoms. The lowest BCUT2D eigenvalue weighted by Crippen LogP contribution is -2.17. The molecule has 1 heterocycles. The highest BCUT2D eigenvalue weighted by Gasteiger charge is 2.18. The molecule has 0 aliphatic carbocycles. The van der Waals surface area contributed by atoms with Crippen LogP contribution in [-0.2, 0) is 15.4 Å². The number of aromatic nitrogens is 2. The first-order chi connectivity index (χ1) is 15.1. The number of benzene rings is 2. The first-order valence-electron chi connectivity index (χ1n) is 10.1. The van der Waals surface area contributed by atoms with Crippen molar-refractivity contribution in [2.75, 3.05) is 16.6 Å². The van der Waals surface area contributed by atoms with E-state index in [-0.39, 0.29) is 16.2 Å². The molecule has 0 aliphatic heterocycles. The van der Waals surface area contributed by atoms with Crippen LogP contribution in [0, 0.1) is 0 Å². The number of sulfonamides is 1. The minimum atomic E-state index is -3.80. The van der Waals surface area contributed by atoms with Gasteiger partial charge in [0.25, 0.3) is 15.9 Å². The Hall–Kier alpha value is -3.46.